The first kappa shape index (κ1) is 19.1. The van der Waals surface area contributed by atoms with Crippen LogP contribution in [-0.4, -0.2) is 69.9 Å². The van der Waals surface area contributed by atoms with Gasteiger partial charge in [0.1, 0.15) is 5.82 Å². The quantitative estimate of drug-likeness (QED) is 0.811. The molecule has 2 aliphatic rings. The summed E-state index contributed by atoms with van der Waals surface area (Å²) in [7, 11) is 0. The number of halogens is 1. The molecule has 7 heteroatoms. The van der Waals surface area contributed by atoms with Crippen molar-refractivity contribution in [2.45, 2.75) is 44.9 Å². The van der Waals surface area contributed by atoms with Gasteiger partial charge >= 0.3 is 0 Å². The zero-order valence-electron chi connectivity index (χ0n) is 16.4. The number of rotatable bonds is 4. The van der Waals surface area contributed by atoms with Gasteiger partial charge in [0.05, 0.1) is 17.9 Å². The Labute approximate surface area is 164 Å². The Kier molecular flexibility index (Phi) is 5.46. The Morgan fingerprint density at radius 1 is 1.25 bits per heavy atom. The second kappa shape index (κ2) is 8.01. The van der Waals surface area contributed by atoms with Gasteiger partial charge in [0.25, 0.3) is 5.91 Å². The molecule has 2 fully saturated rings. The first-order valence-corrected chi connectivity index (χ1v) is 10.00. The maximum absolute atomic E-state index is 13.5. The highest BCUT2D eigenvalue weighted by atomic mass is 19.1. The lowest BCUT2D eigenvalue weighted by atomic mass is 10.1. The second-order valence-electron chi connectivity index (χ2n) is 7.90. The van der Waals surface area contributed by atoms with Crippen molar-refractivity contribution in [3.63, 3.8) is 0 Å². The lowest BCUT2D eigenvalue weighted by Crippen LogP contribution is -2.51. The van der Waals surface area contributed by atoms with E-state index in [9.17, 15) is 9.18 Å². The van der Waals surface area contributed by atoms with Crippen molar-refractivity contribution in [1.29, 1.82) is 0 Å². The van der Waals surface area contributed by atoms with Gasteiger partial charge in [-0.2, -0.15) is 5.10 Å². The van der Waals surface area contributed by atoms with Gasteiger partial charge in [0, 0.05) is 38.4 Å². The normalized spacial score (nSPS) is 26.0. The van der Waals surface area contributed by atoms with Crippen molar-refractivity contribution >= 4 is 5.91 Å². The maximum atomic E-state index is 13.5. The first-order valence-electron chi connectivity index (χ1n) is 10.00. The lowest BCUT2D eigenvalue weighted by molar-refractivity contribution is -0.0715. The third kappa shape index (κ3) is 4.10. The number of carbonyl (C=O) groups is 1. The number of nitrogens with zero attached hydrogens (tertiary/aromatic N) is 4. The van der Waals surface area contributed by atoms with Gasteiger partial charge in [-0.3, -0.25) is 9.69 Å². The van der Waals surface area contributed by atoms with Crippen LogP contribution in [0.1, 0.15) is 37.2 Å². The number of benzene rings is 1. The van der Waals surface area contributed by atoms with Crippen molar-refractivity contribution in [1.82, 2.24) is 19.6 Å². The van der Waals surface area contributed by atoms with E-state index >= 15 is 0 Å². The van der Waals surface area contributed by atoms with E-state index in [1.165, 1.54) is 12.1 Å². The molecule has 2 saturated heterocycles. The fraction of sp³-hybridized carbons (Fsp3) is 0.524. The number of likely N-dealkylation sites (tertiary alicyclic amines) is 1. The van der Waals surface area contributed by atoms with Crippen LogP contribution >= 0.6 is 0 Å². The van der Waals surface area contributed by atoms with Crippen molar-refractivity contribution in [2.24, 2.45) is 0 Å². The molecule has 150 valence electrons. The predicted octanol–water partition coefficient (Wildman–Crippen LogP) is 2.73. The van der Waals surface area contributed by atoms with Gasteiger partial charge < -0.3 is 9.64 Å². The molecule has 1 amide bonds. The first-order chi connectivity index (χ1) is 13.5. The summed E-state index contributed by atoms with van der Waals surface area (Å²) in [4.78, 5) is 17.4. The molecule has 2 aliphatic heterocycles. The summed E-state index contributed by atoms with van der Waals surface area (Å²) >= 11 is 0. The van der Waals surface area contributed by atoms with Crippen LogP contribution in [0.25, 0.3) is 5.69 Å². The van der Waals surface area contributed by atoms with Crippen molar-refractivity contribution in [3.8, 4) is 5.69 Å². The van der Waals surface area contributed by atoms with Gasteiger partial charge in [-0.05, 0) is 51.0 Å². The number of morpholine rings is 1. The number of hydrogen-bond acceptors (Lipinski definition) is 4. The minimum absolute atomic E-state index is 0.0491. The van der Waals surface area contributed by atoms with Gasteiger partial charge in [0.15, 0.2) is 5.69 Å². The molecule has 3 unspecified atom stereocenters. The Hall–Kier alpha value is -2.25. The standard InChI is InChI=1S/C21H27FN4O2/c1-15-12-24(13-16(2)28-15)14-19-7-4-9-25(19)21(27)20-8-10-26(23-20)18-6-3-5-17(22)11-18/h3,5-6,8,10-11,15-16,19H,4,7,9,12-14H2,1-2H3. The molecule has 28 heavy (non-hydrogen) atoms. The van der Waals surface area contributed by atoms with Crippen LogP contribution in [0.15, 0.2) is 36.5 Å². The third-order valence-corrected chi connectivity index (χ3v) is 5.48. The second-order valence-corrected chi connectivity index (χ2v) is 7.90. The number of aromatic nitrogens is 2. The minimum atomic E-state index is -0.325. The molecule has 3 heterocycles. The van der Waals surface area contributed by atoms with E-state index in [4.69, 9.17) is 4.74 Å². The van der Waals surface area contributed by atoms with Gasteiger partial charge in [-0.15, -0.1) is 0 Å². The molecular formula is C21H27FN4O2. The van der Waals surface area contributed by atoms with Crippen molar-refractivity contribution in [2.75, 3.05) is 26.2 Å². The van der Waals surface area contributed by atoms with Crippen LogP contribution in [-0.2, 0) is 4.74 Å². The van der Waals surface area contributed by atoms with E-state index in [2.05, 4.69) is 23.8 Å². The highest BCUT2D eigenvalue weighted by Crippen LogP contribution is 2.22. The van der Waals surface area contributed by atoms with Crippen LogP contribution in [0.4, 0.5) is 4.39 Å². The smallest absolute Gasteiger partial charge is 0.274 e. The molecule has 0 saturated carbocycles. The van der Waals surface area contributed by atoms with E-state index in [-0.39, 0.29) is 30.0 Å². The van der Waals surface area contributed by atoms with E-state index in [0.717, 1.165) is 39.0 Å². The van der Waals surface area contributed by atoms with Gasteiger partial charge in [0.2, 0.25) is 0 Å². The van der Waals surface area contributed by atoms with E-state index < -0.39 is 0 Å². The monoisotopic (exact) mass is 386 g/mol. The molecular weight excluding hydrogens is 359 g/mol. The number of amides is 1. The van der Waals surface area contributed by atoms with E-state index in [1.807, 2.05) is 4.90 Å². The molecule has 2 aromatic rings. The van der Waals surface area contributed by atoms with Crippen LogP contribution in [0, 0.1) is 5.82 Å². The number of carbonyl (C=O) groups excluding carboxylic acids is 1. The molecule has 1 aromatic carbocycles. The summed E-state index contributed by atoms with van der Waals surface area (Å²) in [5.41, 5.74) is 1.01. The SMILES string of the molecule is CC1CN(CC2CCCN2C(=O)c2ccn(-c3cccc(F)c3)n2)CC(C)O1. The van der Waals surface area contributed by atoms with Crippen LogP contribution in [0.3, 0.4) is 0 Å². The summed E-state index contributed by atoms with van der Waals surface area (Å²) in [5, 5.41) is 4.40. The number of ether oxygens (including phenoxy) is 1. The van der Waals surface area contributed by atoms with Crippen molar-refractivity contribution in [3.05, 3.63) is 48.0 Å². The zero-order chi connectivity index (χ0) is 19.7. The molecule has 4 rings (SSSR count). The van der Waals surface area contributed by atoms with Gasteiger partial charge in [-0.25, -0.2) is 9.07 Å². The van der Waals surface area contributed by atoms with E-state index in [1.54, 1.807) is 29.1 Å². The summed E-state index contributed by atoms with van der Waals surface area (Å²) in [5.74, 6) is -0.374. The van der Waals surface area contributed by atoms with Crippen LogP contribution in [0.2, 0.25) is 0 Å². The fourth-order valence-electron chi connectivity index (χ4n) is 4.37. The zero-order valence-corrected chi connectivity index (χ0v) is 16.4. The highest BCUT2D eigenvalue weighted by molar-refractivity contribution is 5.92. The molecule has 3 atom stereocenters. The summed E-state index contributed by atoms with van der Waals surface area (Å²) in [6.07, 6.45) is 4.17. The highest BCUT2D eigenvalue weighted by Gasteiger charge is 2.33. The molecule has 0 radical (unpaired) electrons. The Morgan fingerprint density at radius 2 is 2.04 bits per heavy atom. The van der Waals surface area contributed by atoms with Gasteiger partial charge in [-0.1, -0.05) is 6.07 Å². The Bertz CT molecular complexity index is 829. The van der Waals surface area contributed by atoms with Crippen molar-refractivity contribution < 1.29 is 13.9 Å². The Balaban J connectivity index is 1.45. The van der Waals surface area contributed by atoms with E-state index in [0.29, 0.717) is 11.4 Å². The average molecular weight is 386 g/mol. The van der Waals surface area contributed by atoms with Crippen LogP contribution in [0.5, 0.6) is 0 Å². The molecule has 0 spiro atoms. The molecule has 6 nitrogen and oxygen atoms in total. The summed E-state index contributed by atoms with van der Waals surface area (Å²) in [6.45, 7) is 7.62. The third-order valence-electron chi connectivity index (χ3n) is 5.48. The minimum Gasteiger partial charge on any atom is -0.373 e. The molecule has 1 aromatic heterocycles. The average Bonchev–Trinajstić information content (AvgIpc) is 3.30. The number of hydrogen-bond donors (Lipinski definition) is 0. The molecule has 0 bridgehead atoms. The summed E-state index contributed by atoms with van der Waals surface area (Å²) < 4.78 is 20.8. The topological polar surface area (TPSA) is 50.6 Å². The lowest BCUT2D eigenvalue weighted by Gasteiger charge is -2.38. The molecule has 0 aliphatic carbocycles. The Morgan fingerprint density at radius 3 is 2.79 bits per heavy atom. The molecule has 0 N–H and O–H groups in total. The largest absolute Gasteiger partial charge is 0.373 e. The predicted molar refractivity (Wildman–Crippen MR) is 104 cm³/mol. The van der Waals surface area contributed by atoms with Crippen LogP contribution < -0.4 is 0 Å². The fourth-order valence-corrected chi connectivity index (χ4v) is 4.37. The summed E-state index contributed by atoms with van der Waals surface area (Å²) in [6, 6.07) is 8.10. The maximum Gasteiger partial charge on any atom is 0.274 e.